The molecule has 182 valence electrons. The molecule has 1 amide bonds. The van der Waals surface area contributed by atoms with Crippen molar-refractivity contribution in [3.63, 3.8) is 0 Å². The number of benzene rings is 3. The molecule has 0 saturated carbocycles. The molecule has 2 heterocycles. The zero-order chi connectivity index (χ0) is 25.8. The molecule has 3 aromatic carbocycles. The molecule has 0 aliphatic heterocycles. The van der Waals surface area contributed by atoms with Gasteiger partial charge in [-0.2, -0.15) is 5.26 Å². The highest BCUT2D eigenvalue weighted by atomic mass is 35.5. The maximum Gasteiger partial charge on any atom is 0.268 e. The van der Waals surface area contributed by atoms with Gasteiger partial charge < -0.3 is 4.57 Å². The van der Waals surface area contributed by atoms with Crippen molar-refractivity contribution in [1.82, 2.24) is 9.55 Å². The van der Waals surface area contributed by atoms with Crippen LogP contribution in [-0.2, 0) is 17.8 Å². The predicted octanol–water partition coefficient (Wildman–Crippen LogP) is 7.24. The van der Waals surface area contributed by atoms with Gasteiger partial charge in [0.25, 0.3) is 5.91 Å². The van der Waals surface area contributed by atoms with Crippen molar-refractivity contribution in [3.8, 4) is 6.07 Å². The van der Waals surface area contributed by atoms with Gasteiger partial charge in [-0.25, -0.2) is 4.98 Å². The standard InChI is InChI=1S/C30H23ClN4OS/c1-20-11-12-22(14-27(20)31)13-25-17-33-30(37-25)34-29(36)23(16-32)15-24-19-35(18-21-7-3-2-4-8-21)28-10-6-5-9-26(24)28/h2-12,14-15,17,19H,13,18H2,1H3,(H,33,34,36). The van der Waals surface area contributed by atoms with Gasteiger partial charge in [-0.1, -0.05) is 72.3 Å². The maximum absolute atomic E-state index is 13.0. The molecule has 0 spiro atoms. The monoisotopic (exact) mass is 522 g/mol. The second-order valence-corrected chi connectivity index (χ2v) is 10.3. The summed E-state index contributed by atoms with van der Waals surface area (Å²) in [7, 11) is 0. The highest BCUT2D eigenvalue weighted by Crippen LogP contribution is 2.26. The van der Waals surface area contributed by atoms with Crippen LogP contribution in [0.5, 0.6) is 0 Å². The Morgan fingerprint density at radius 1 is 1.11 bits per heavy atom. The quantitative estimate of drug-likeness (QED) is 0.181. The Balaban J connectivity index is 1.35. The van der Waals surface area contributed by atoms with E-state index in [1.165, 1.54) is 16.9 Å². The number of hydrogen-bond acceptors (Lipinski definition) is 4. The summed E-state index contributed by atoms with van der Waals surface area (Å²) in [5, 5.41) is 14.7. The summed E-state index contributed by atoms with van der Waals surface area (Å²) in [6.07, 6.45) is 6.02. The second kappa shape index (κ2) is 10.8. The van der Waals surface area contributed by atoms with Crippen LogP contribution in [-0.4, -0.2) is 15.5 Å². The van der Waals surface area contributed by atoms with Gasteiger partial charge in [-0.15, -0.1) is 11.3 Å². The van der Waals surface area contributed by atoms with Gasteiger partial charge in [0.05, 0.1) is 0 Å². The first-order valence-electron chi connectivity index (χ1n) is 11.7. The van der Waals surface area contributed by atoms with E-state index in [0.717, 1.165) is 37.5 Å². The topological polar surface area (TPSA) is 70.7 Å². The second-order valence-electron chi connectivity index (χ2n) is 8.73. The Kier molecular flexibility index (Phi) is 7.18. The summed E-state index contributed by atoms with van der Waals surface area (Å²) in [5.74, 6) is -0.485. The van der Waals surface area contributed by atoms with Crippen LogP contribution in [0.15, 0.2) is 90.8 Å². The SMILES string of the molecule is Cc1ccc(Cc2cnc(NC(=O)C(C#N)=Cc3cn(Cc4ccccc4)c4ccccc34)s2)cc1Cl. The van der Waals surface area contributed by atoms with E-state index in [0.29, 0.717) is 18.1 Å². The number of anilines is 1. The Labute approximate surface area is 224 Å². The van der Waals surface area contributed by atoms with Gasteiger partial charge in [0.1, 0.15) is 11.6 Å². The van der Waals surface area contributed by atoms with Crippen molar-refractivity contribution in [2.45, 2.75) is 19.9 Å². The zero-order valence-corrected chi connectivity index (χ0v) is 21.7. The normalized spacial score (nSPS) is 11.4. The summed E-state index contributed by atoms with van der Waals surface area (Å²) < 4.78 is 2.13. The van der Waals surface area contributed by atoms with E-state index in [4.69, 9.17) is 11.6 Å². The number of nitrogens with zero attached hydrogens (tertiary/aromatic N) is 3. The van der Waals surface area contributed by atoms with Crippen LogP contribution in [0.25, 0.3) is 17.0 Å². The van der Waals surface area contributed by atoms with Crippen molar-refractivity contribution < 1.29 is 4.79 Å². The molecule has 2 aromatic heterocycles. The van der Waals surface area contributed by atoms with E-state index in [1.807, 2.05) is 73.8 Å². The number of hydrogen-bond donors (Lipinski definition) is 1. The van der Waals surface area contributed by atoms with Crippen molar-refractivity contribution in [2.24, 2.45) is 0 Å². The Bertz CT molecular complexity index is 1660. The predicted molar refractivity (Wildman–Crippen MR) is 151 cm³/mol. The molecule has 0 unspecified atom stereocenters. The van der Waals surface area contributed by atoms with Gasteiger partial charge in [0.2, 0.25) is 0 Å². The molecule has 1 N–H and O–H groups in total. The minimum absolute atomic E-state index is 0.0182. The molecular formula is C30H23ClN4OS. The molecular weight excluding hydrogens is 500 g/mol. The van der Waals surface area contributed by atoms with Gasteiger partial charge in [-0.3, -0.25) is 10.1 Å². The smallest absolute Gasteiger partial charge is 0.268 e. The summed E-state index contributed by atoms with van der Waals surface area (Å²) in [6.45, 7) is 2.66. The fourth-order valence-corrected chi connectivity index (χ4v) is 5.21. The first-order chi connectivity index (χ1) is 18.0. The van der Waals surface area contributed by atoms with Crippen molar-refractivity contribution in [1.29, 1.82) is 5.26 Å². The van der Waals surface area contributed by atoms with Gasteiger partial charge in [-0.05, 0) is 41.8 Å². The average molecular weight is 523 g/mol. The van der Waals surface area contributed by atoms with Crippen LogP contribution in [0.4, 0.5) is 5.13 Å². The lowest BCUT2D eigenvalue weighted by atomic mass is 10.1. The molecule has 0 radical (unpaired) electrons. The van der Waals surface area contributed by atoms with Crippen LogP contribution in [0, 0.1) is 18.3 Å². The van der Waals surface area contributed by atoms with Crippen LogP contribution >= 0.6 is 22.9 Å². The van der Waals surface area contributed by atoms with E-state index in [2.05, 4.69) is 33.1 Å². The maximum atomic E-state index is 13.0. The Hall–Kier alpha value is -4.18. The first kappa shape index (κ1) is 24.5. The average Bonchev–Trinajstić information content (AvgIpc) is 3.49. The summed E-state index contributed by atoms with van der Waals surface area (Å²) in [6, 6.07) is 26.2. The molecule has 5 aromatic rings. The molecule has 7 heteroatoms. The van der Waals surface area contributed by atoms with E-state index >= 15 is 0 Å². The molecule has 0 atom stereocenters. The third kappa shape index (κ3) is 5.64. The Morgan fingerprint density at radius 2 is 1.89 bits per heavy atom. The fourth-order valence-electron chi connectivity index (χ4n) is 4.16. The number of aromatic nitrogens is 2. The number of carbonyl (C=O) groups is 1. The minimum atomic E-state index is -0.485. The molecule has 5 rings (SSSR count). The first-order valence-corrected chi connectivity index (χ1v) is 12.9. The molecule has 0 aliphatic rings. The largest absolute Gasteiger partial charge is 0.342 e. The number of fused-ring (bicyclic) bond motifs is 1. The zero-order valence-electron chi connectivity index (χ0n) is 20.1. The number of nitrogens with one attached hydrogen (secondary N) is 1. The number of aryl methyl sites for hydroxylation is 1. The third-order valence-electron chi connectivity index (χ3n) is 6.07. The summed E-state index contributed by atoms with van der Waals surface area (Å²) >= 11 is 7.62. The molecule has 5 nitrogen and oxygen atoms in total. The molecule has 0 saturated heterocycles. The van der Waals surface area contributed by atoms with Crippen LogP contribution in [0.3, 0.4) is 0 Å². The number of carbonyl (C=O) groups excluding carboxylic acids is 1. The van der Waals surface area contributed by atoms with Crippen molar-refractivity contribution in [3.05, 3.63) is 123 Å². The lowest BCUT2D eigenvalue weighted by molar-refractivity contribution is -0.112. The number of amides is 1. The van der Waals surface area contributed by atoms with Crippen LogP contribution < -0.4 is 5.32 Å². The van der Waals surface area contributed by atoms with E-state index in [-0.39, 0.29) is 5.57 Å². The van der Waals surface area contributed by atoms with Crippen LogP contribution in [0.1, 0.15) is 27.1 Å². The molecule has 0 aliphatic carbocycles. The van der Waals surface area contributed by atoms with E-state index < -0.39 is 5.91 Å². The Morgan fingerprint density at radius 3 is 2.68 bits per heavy atom. The summed E-state index contributed by atoms with van der Waals surface area (Å²) in [5.41, 5.74) is 5.14. The van der Waals surface area contributed by atoms with E-state index in [1.54, 1.807) is 12.3 Å². The molecule has 0 bridgehead atoms. The van der Waals surface area contributed by atoms with Gasteiger partial charge >= 0.3 is 0 Å². The molecule has 0 fully saturated rings. The number of rotatable bonds is 7. The van der Waals surface area contributed by atoms with Crippen molar-refractivity contribution >= 4 is 51.0 Å². The van der Waals surface area contributed by atoms with Crippen molar-refractivity contribution in [2.75, 3.05) is 5.32 Å². The highest BCUT2D eigenvalue weighted by Gasteiger charge is 2.15. The van der Waals surface area contributed by atoms with E-state index in [9.17, 15) is 10.1 Å². The van der Waals surface area contributed by atoms with Gasteiger partial charge in [0, 0.05) is 51.7 Å². The molecule has 37 heavy (non-hydrogen) atoms. The number of para-hydroxylation sites is 1. The number of halogens is 1. The third-order valence-corrected chi connectivity index (χ3v) is 7.39. The van der Waals surface area contributed by atoms with Crippen LogP contribution in [0.2, 0.25) is 5.02 Å². The summed E-state index contributed by atoms with van der Waals surface area (Å²) in [4.78, 5) is 18.3. The highest BCUT2D eigenvalue weighted by molar-refractivity contribution is 7.15. The minimum Gasteiger partial charge on any atom is -0.342 e. The number of nitriles is 1. The lowest BCUT2D eigenvalue weighted by Gasteiger charge is -2.05. The lowest BCUT2D eigenvalue weighted by Crippen LogP contribution is -2.13. The number of thiazole rings is 1. The fraction of sp³-hybridized carbons (Fsp3) is 0.100. The van der Waals surface area contributed by atoms with Gasteiger partial charge in [0.15, 0.2) is 5.13 Å².